The van der Waals surface area contributed by atoms with Crippen molar-refractivity contribution in [1.82, 2.24) is 5.32 Å². The van der Waals surface area contributed by atoms with Crippen LogP contribution >= 0.6 is 0 Å². The molecule has 0 aliphatic carbocycles. The number of hydrogen-bond acceptors (Lipinski definition) is 3. The molecule has 2 aromatic carbocycles. The van der Waals surface area contributed by atoms with Crippen molar-refractivity contribution in [2.75, 3.05) is 17.7 Å². The van der Waals surface area contributed by atoms with Crippen molar-refractivity contribution in [3.8, 4) is 0 Å². The van der Waals surface area contributed by atoms with Gasteiger partial charge in [-0.2, -0.15) is 0 Å². The third kappa shape index (κ3) is 3.91. The zero-order chi connectivity index (χ0) is 18.5. The minimum Gasteiger partial charge on any atom is -0.355 e. The highest BCUT2D eigenvalue weighted by molar-refractivity contribution is 6.03. The van der Waals surface area contributed by atoms with Gasteiger partial charge >= 0.3 is 0 Å². The normalized spacial score (nSPS) is 15.6. The molecule has 0 radical (unpaired) electrons. The Kier molecular flexibility index (Phi) is 5.31. The van der Waals surface area contributed by atoms with Crippen molar-refractivity contribution in [2.24, 2.45) is 5.92 Å². The molecule has 0 spiro atoms. The molecule has 1 unspecified atom stereocenters. The molecule has 3 amide bonds. The van der Waals surface area contributed by atoms with Gasteiger partial charge in [-0.1, -0.05) is 30.3 Å². The molecular weight excluding hydrogens is 330 g/mol. The molecular formula is C20H21N3O3. The average Bonchev–Trinajstić information content (AvgIpc) is 2.66. The van der Waals surface area contributed by atoms with Crippen molar-refractivity contribution in [3.63, 3.8) is 0 Å². The SMILES string of the molecule is CNC(=O)c1ccccc1NC(=O)CCC1Cc2ccccc2NC1=O. The standard InChI is InChI=1S/C20H21N3O3/c1-21-20(26)15-7-3-5-9-17(15)22-18(24)11-10-14-12-13-6-2-4-8-16(13)23-19(14)25/h2-9,14H,10-12H2,1H3,(H,21,26)(H,22,24)(H,23,25). The van der Waals surface area contributed by atoms with E-state index in [4.69, 9.17) is 0 Å². The Morgan fingerprint density at radius 3 is 2.65 bits per heavy atom. The lowest BCUT2D eigenvalue weighted by Gasteiger charge is -2.24. The first-order valence-corrected chi connectivity index (χ1v) is 8.58. The van der Waals surface area contributed by atoms with E-state index in [2.05, 4.69) is 16.0 Å². The maximum atomic E-state index is 12.3. The number of rotatable bonds is 5. The number of anilines is 2. The summed E-state index contributed by atoms with van der Waals surface area (Å²) in [6.07, 6.45) is 1.29. The van der Waals surface area contributed by atoms with E-state index in [-0.39, 0.29) is 30.1 Å². The third-order valence-corrected chi connectivity index (χ3v) is 4.51. The summed E-state index contributed by atoms with van der Waals surface area (Å²) in [6, 6.07) is 14.5. The number of hydrogen-bond donors (Lipinski definition) is 3. The summed E-state index contributed by atoms with van der Waals surface area (Å²) < 4.78 is 0. The molecule has 0 fully saturated rings. The topological polar surface area (TPSA) is 87.3 Å². The second kappa shape index (κ2) is 7.82. The summed E-state index contributed by atoms with van der Waals surface area (Å²) in [6.45, 7) is 0. The summed E-state index contributed by atoms with van der Waals surface area (Å²) in [5, 5.41) is 8.21. The Morgan fingerprint density at radius 2 is 1.85 bits per heavy atom. The van der Waals surface area contributed by atoms with E-state index in [0.29, 0.717) is 24.1 Å². The van der Waals surface area contributed by atoms with Gasteiger partial charge in [0.2, 0.25) is 11.8 Å². The highest BCUT2D eigenvalue weighted by Gasteiger charge is 2.26. The van der Waals surface area contributed by atoms with E-state index < -0.39 is 0 Å². The largest absolute Gasteiger partial charge is 0.355 e. The van der Waals surface area contributed by atoms with Crippen LogP contribution in [0.25, 0.3) is 0 Å². The quantitative estimate of drug-likeness (QED) is 0.774. The maximum Gasteiger partial charge on any atom is 0.253 e. The minimum absolute atomic E-state index is 0.0535. The van der Waals surface area contributed by atoms with E-state index in [1.807, 2.05) is 24.3 Å². The van der Waals surface area contributed by atoms with Gasteiger partial charge in [0.05, 0.1) is 11.3 Å². The molecule has 134 valence electrons. The van der Waals surface area contributed by atoms with Gasteiger partial charge < -0.3 is 16.0 Å². The molecule has 0 bridgehead atoms. The average molecular weight is 351 g/mol. The van der Waals surface area contributed by atoms with Crippen LogP contribution in [0.2, 0.25) is 0 Å². The lowest BCUT2D eigenvalue weighted by Crippen LogP contribution is -2.30. The van der Waals surface area contributed by atoms with Crippen LogP contribution in [0, 0.1) is 5.92 Å². The fourth-order valence-corrected chi connectivity index (χ4v) is 3.09. The first kappa shape index (κ1) is 17.7. The Hall–Kier alpha value is -3.15. The molecule has 0 saturated carbocycles. The van der Waals surface area contributed by atoms with Gasteiger partial charge in [0.15, 0.2) is 0 Å². The molecule has 0 aromatic heterocycles. The molecule has 1 atom stereocenters. The second-order valence-corrected chi connectivity index (χ2v) is 6.26. The molecule has 6 heteroatoms. The van der Waals surface area contributed by atoms with Gasteiger partial charge in [0.25, 0.3) is 5.91 Å². The Morgan fingerprint density at radius 1 is 1.12 bits per heavy atom. The fraction of sp³-hybridized carbons (Fsp3) is 0.250. The molecule has 1 aliphatic rings. The molecule has 2 aromatic rings. The lowest BCUT2D eigenvalue weighted by molar-refractivity contribution is -0.121. The van der Waals surface area contributed by atoms with Crippen LogP contribution in [0.4, 0.5) is 11.4 Å². The highest BCUT2D eigenvalue weighted by Crippen LogP contribution is 2.27. The van der Waals surface area contributed by atoms with Gasteiger partial charge in [-0.25, -0.2) is 0 Å². The van der Waals surface area contributed by atoms with Gasteiger partial charge in [-0.15, -0.1) is 0 Å². The Bertz CT molecular complexity index is 848. The van der Waals surface area contributed by atoms with E-state index in [1.54, 1.807) is 31.3 Å². The molecule has 26 heavy (non-hydrogen) atoms. The first-order valence-electron chi connectivity index (χ1n) is 8.58. The number of nitrogens with one attached hydrogen (secondary N) is 3. The molecule has 1 heterocycles. The predicted molar refractivity (Wildman–Crippen MR) is 100.0 cm³/mol. The van der Waals surface area contributed by atoms with Crippen molar-refractivity contribution in [3.05, 3.63) is 59.7 Å². The summed E-state index contributed by atoms with van der Waals surface area (Å²) in [4.78, 5) is 36.4. The summed E-state index contributed by atoms with van der Waals surface area (Å²) in [5.41, 5.74) is 2.81. The molecule has 3 rings (SSSR count). The summed E-state index contributed by atoms with van der Waals surface area (Å²) >= 11 is 0. The van der Waals surface area contributed by atoms with Crippen molar-refractivity contribution in [1.29, 1.82) is 0 Å². The number of para-hydroxylation sites is 2. The van der Waals surface area contributed by atoms with E-state index in [0.717, 1.165) is 11.3 Å². The number of carbonyl (C=O) groups excluding carboxylic acids is 3. The highest BCUT2D eigenvalue weighted by atomic mass is 16.2. The first-order chi connectivity index (χ1) is 12.6. The maximum absolute atomic E-state index is 12.3. The second-order valence-electron chi connectivity index (χ2n) is 6.26. The number of benzene rings is 2. The fourth-order valence-electron chi connectivity index (χ4n) is 3.09. The summed E-state index contributed by atoms with van der Waals surface area (Å²) in [5.74, 6) is -0.760. The molecule has 0 saturated heterocycles. The van der Waals surface area contributed by atoms with Crippen LogP contribution in [-0.4, -0.2) is 24.8 Å². The van der Waals surface area contributed by atoms with Crippen LogP contribution in [0.1, 0.15) is 28.8 Å². The third-order valence-electron chi connectivity index (χ3n) is 4.51. The molecule has 1 aliphatic heterocycles. The van der Waals surface area contributed by atoms with Gasteiger partial charge in [0.1, 0.15) is 0 Å². The number of fused-ring (bicyclic) bond motifs is 1. The molecule has 6 nitrogen and oxygen atoms in total. The monoisotopic (exact) mass is 351 g/mol. The van der Waals surface area contributed by atoms with E-state index >= 15 is 0 Å². The zero-order valence-electron chi connectivity index (χ0n) is 14.5. The molecule has 3 N–H and O–H groups in total. The lowest BCUT2D eigenvalue weighted by atomic mass is 9.89. The summed E-state index contributed by atoms with van der Waals surface area (Å²) in [7, 11) is 1.54. The van der Waals surface area contributed by atoms with Crippen LogP contribution < -0.4 is 16.0 Å². The van der Waals surface area contributed by atoms with Crippen molar-refractivity contribution >= 4 is 29.1 Å². The Balaban J connectivity index is 1.60. The van der Waals surface area contributed by atoms with Crippen LogP contribution in [0.5, 0.6) is 0 Å². The van der Waals surface area contributed by atoms with Crippen LogP contribution in [-0.2, 0) is 16.0 Å². The van der Waals surface area contributed by atoms with E-state index in [1.165, 1.54) is 0 Å². The zero-order valence-corrected chi connectivity index (χ0v) is 14.5. The van der Waals surface area contributed by atoms with Crippen molar-refractivity contribution < 1.29 is 14.4 Å². The van der Waals surface area contributed by atoms with Gasteiger partial charge in [-0.05, 0) is 36.6 Å². The Labute approximate surface area is 152 Å². The van der Waals surface area contributed by atoms with Crippen molar-refractivity contribution in [2.45, 2.75) is 19.3 Å². The van der Waals surface area contributed by atoms with Gasteiger partial charge in [-0.3, -0.25) is 14.4 Å². The minimum atomic E-state index is -0.260. The van der Waals surface area contributed by atoms with Gasteiger partial charge in [0, 0.05) is 25.1 Å². The van der Waals surface area contributed by atoms with E-state index in [9.17, 15) is 14.4 Å². The smallest absolute Gasteiger partial charge is 0.253 e. The van der Waals surface area contributed by atoms with Crippen LogP contribution in [0.15, 0.2) is 48.5 Å². The number of amides is 3. The van der Waals surface area contributed by atoms with Crippen LogP contribution in [0.3, 0.4) is 0 Å². The number of carbonyl (C=O) groups is 3. The predicted octanol–water partition coefficient (Wildman–Crippen LogP) is 2.58.